The summed E-state index contributed by atoms with van der Waals surface area (Å²) in [5, 5.41) is 2.48. The van der Waals surface area contributed by atoms with Crippen molar-refractivity contribution in [2.45, 2.75) is 77.0 Å². The van der Waals surface area contributed by atoms with E-state index in [1.54, 1.807) is 0 Å². The third-order valence-corrected chi connectivity index (χ3v) is 11.7. The Bertz CT molecular complexity index is 1980. The quantitative estimate of drug-likeness (QED) is 0.0741. The molecule has 0 radical (unpaired) electrons. The van der Waals surface area contributed by atoms with Gasteiger partial charge in [-0.1, -0.05) is 83.8 Å². The van der Waals surface area contributed by atoms with Gasteiger partial charge >= 0.3 is 0 Å². The number of benzene rings is 3. The van der Waals surface area contributed by atoms with Crippen LogP contribution in [0.2, 0.25) is 0 Å². The second kappa shape index (κ2) is 16.2. The van der Waals surface area contributed by atoms with E-state index in [-0.39, 0.29) is 0 Å². The van der Waals surface area contributed by atoms with Gasteiger partial charge in [0.2, 0.25) is 5.52 Å². The smallest absolute Gasteiger partial charge is 0.262 e. The first-order valence-electron chi connectivity index (χ1n) is 17.9. The highest BCUT2D eigenvalue weighted by Gasteiger charge is 2.33. The molecule has 6 rings (SSSR count). The number of rotatable bonds is 14. The van der Waals surface area contributed by atoms with Crippen LogP contribution in [0.3, 0.4) is 0 Å². The number of para-hydroxylation sites is 3. The lowest BCUT2D eigenvalue weighted by molar-refractivity contribution is -0.667. The van der Waals surface area contributed by atoms with Crippen LogP contribution >= 0.6 is 23.1 Å². The van der Waals surface area contributed by atoms with Crippen LogP contribution in [0.15, 0.2) is 143 Å². The van der Waals surface area contributed by atoms with Crippen molar-refractivity contribution < 1.29 is 9.30 Å². The zero-order chi connectivity index (χ0) is 35.1. The Kier molecular flexibility index (Phi) is 11.5. The van der Waals surface area contributed by atoms with Gasteiger partial charge in [-0.15, -0.1) is 13.2 Å². The lowest BCUT2D eigenvalue weighted by Crippen LogP contribution is -2.47. The van der Waals surface area contributed by atoms with E-state index < -0.39 is 5.72 Å². The molecule has 4 nitrogen and oxygen atoms in total. The number of aromatic nitrogens is 1. The van der Waals surface area contributed by atoms with Crippen LogP contribution < -0.4 is 14.4 Å². The van der Waals surface area contributed by atoms with E-state index in [4.69, 9.17) is 4.74 Å². The van der Waals surface area contributed by atoms with Gasteiger partial charge in [-0.2, -0.15) is 4.57 Å². The van der Waals surface area contributed by atoms with E-state index in [9.17, 15) is 0 Å². The summed E-state index contributed by atoms with van der Waals surface area (Å²) in [6.45, 7) is 19.4. The fraction of sp³-hybridized carbons (Fsp3) is 0.295. The summed E-state index contributed by atoms with van der Waals surface area (Å²) in [7, 11) is 0. The van der Waals surface area contributed by atoms with Gasteiger partial charge in [0, 0.05) is 42.2 Å². The Morgan fingerprint density at radius 3 is 2.48 bits per heavy atom. The van der Waals surface area contributed by atoms with Crippen molar-refractivity contribution >= 4 is 50.8 Å². The number of anilines is 2. The molecule has 0 bridgehead atoms. The molecule has 3 aromatic carbocycles. The average molecular weight is 701 g/mol. The molecule has 1 aliphatic heterocycles. The molecule has 0 unspecified atom stereocenters. The minimum absolute atomic E-state index is 0.589. The number of allylic oxidation sites excluding steroid dienone is 6. The van der Waals surface area contributed by atoms with Crippen LogP contribution in [-0.4, -0.2) is 18.8 Å². The number of fused-ring (bicyclic) bond motifs is 2. The molecule has 1 aliphatic carbocycles. The monoisotopic (exact) mass is 700 g/mol. The summed E-state index contributed by atoms with van der Waals surface area (Å²) in [6, 6.07) is 26.0. The first-order chi connectivity index (χ1) is 24.3. The molecule has 2 aliphatic rings. The Hall–Kier alpha value is -4.26. The predicted molar refractivity (Wildman–Crippen MR) is 217 cm³/mol. The molecule has 1 aromatic heterocycles. The molecule has 2 heterocycles. The zero-order valence-electron chi connectivity index (χ0n) is 30.0. The molecule has 50 heavy (non-hydrogen) atoms. The van der Waals surface area contributed by atoms with Crippen LogP contribution in [0.25, 0.3) is 16.3 Å². The van der Waals surface area contributed by atoms with Crippen molar-refractivity contribution in [1.82, 2.24) is 0 Å². The highest BCUT2D eigenvalue weighted by atomic mass is 32.2. The number of ether oxygens (including phenoxy) is 1. The maximum atomic E-state index is 7.28. The third kappa shape index (κ3) is 7.72. The second-order valence-electron chi connectivity index (χ2n) is 13.3. The maximum Gasteiger partial charge on any atom is 0.262 e. The maximum absolute atomic E-state index is 7.28. The number of thiazole rings is 1. The molecule has 258 valence electrons. The van der Waals surface area contributed by atoms with Gasteiger partial charge in [0.1, 0.15) is 10.5 Å². The summed E-state index contributed by atoms with van der Waals surface area (Å²) in [4.78, 5) is 6.11. The molecule has 0 spiro atoms. The number of nitrogens with zero attached hydrogens (tertiary/aromatic N) is 3. The Balaban J connectivity index is 1.43. The number of hydrogen-bond acceptors (Lipinski definition) is 5. The van der Waals surface area contributed by atoms with Crippen molar-refractivity contribution in [3.05, 3.63) is 149 Å². The van der Waals surface area contributed by atoms with Crippen molar-refractivity contribution in [2.24, 2.45) is 0 Å². The molecule has 0 atom stereocenters. The highest BCUT2D eigenvalue weighted by Crippen LogP contribution is 2.46. The average Bonchev–Trinajstić information content (AvgIpc) is 3.66. The molecule has 0 N–H and O–H groups in total. The highest BCUT2D eigenvalue weighted by molar-refractivity contribution is 8.03. The minimum Gasteiger partial charge on any atom is -0.468 e. The topological polar surface area (TPSA) is 19.6 Å². The van der Waals surface area contributed by atoms with Gasteiger partial charge in [0.15, 0.2) is 12.3 Å². The Morgan fingerprint density at radius 1 is 0.920 bits per heavy atom. The largest absolute Gasteiger partial charge is 0.468 e. The molecule has 4 aromatic rings. The van der Waals surface area contributed by atoms with Gasteiger partial charge in [-0.05, 0) is 107 Å². The van der Waals surface area contributed by atoms with E-state index in [2.05, 4.69) is 152 Å². The van der Waals surface area contributed by atoms with Crippen molar-refractivity contribution in [3.8, 4) is 0 Å². The van der Waals surface area contributed by atoms with Gasteiger partial charge in [-0.3, -0.25) is 0 Å². The Labute approximate surface area is 307 Å². The second-order valence-corrected chi connectivity index (χ2v) is 15.4. The molecular formula is C44H50N3OS2+. The first-order valence-corrected chi connectivity index (χ1v) is 19.5. The lowest BCUT2D eigenvalue weighted by Gasteiger charge is -2.42. The number of hydrogen-bond donors (Lipinski definition) is 0. The van der Waals surface area contributed by atoms with Crippen molar-refractivity contribution in [1.29, 1.82) is 0 Å². The van der Waals surface area contributed by atoms with Crippen LogP contribution in [0.1, 0.15) is 63.4 Å². The Morgan fingerprint density at radius 2 is 1.68 bits per heavy atom. The minimum atomic E-state index is -0.589. The number of aryl methyl sites for hydroxylation is 2. The molecule has 0 saturated heterocycles. The van der Waals surface area contributed by atoms with Crippen LogP contribution in [-0.2, 0) is 11.3 Å². The standard InChI is InChI=1S/C44H50N3OS2/c1-7-10-31-45-37-23-14-16-25-39(37)49-41(45)29-27-34-20-18-21-35(28-30-42-46(32-11-8-2)38-24-15-17-26-40(38)50-42)43(34)48-44(5,6)47(9-3)36-22-13-12-19-33(36)4/h7-8,12-17,19,22-30H,1-2,9-11,18,20-21,31-32H2,3-6H3/q+1. The zero-order valence-corrected chi connectivity index (χ0v) is 31.7. The van der Waals surface area contributed by atoms with E-state index in [1.165, 1.54) is 53.2 Å². The fourth-order valence-electron chi connectivity index (χ4n) is 6.96. The van der Waals surface area contributed by atoms with Gasteiger partial charge in [0.25, 0.3) is 5.01 Å². The number of thioether (sulfide) groups is 1. The fourth-order valence-corrected chi connectivity index (χ4v) is 9.14. The van der Waals surface area contributed by atoms with E-state index in [0.29, 0.717) is 0 Å². The first kappa shape index (κ1) is 35.6. The normalized spacial score (nSPS) is 16.5. The van der Waals surface area contributed by atoms with Gasteiger partial charge in [0.05, 0.1) is 10.7 Å². The lowest BCUT2D eigenvalue weighted by atomic mass is 9.92. The molecule has 0 saturated carbocycles. The van der Waals surface area contributed by atoms with Gasteiger partial charge in [-0.25, -0.2) is 0 Å². The van der Waals surface area contributed by atoms with Crippen molar-refractivity contribution in [3.63, 3.8) is 0 Å². The summed E-state index contributed by atoms with van der Waals surface area (Å²) < 4.78 is 11.0. The summed E-state index contributed by atoms with van der Waals surface area (Å²) >= 11 is 3.69. The summed E-state index contributed by atoms with van der Waals surface area (Å²) in [6.07, 6.45) is 18.1. The summed E-state index contributed by atoms with van der Waals surface area (Å²) in [5.74, 6) is 0.998. The third-order valence-electron chi connectivity index (χ3n) is 9.44. The van der Waals surface area contributed by atoms with Gasteiger partial charge < -0.3 is 14.5 Å². The van der Waals surface area contributed by atoms with E-state index in [0.717, 1.165) is 57.5 Å². The molecule has 6 heteroatoms. The summed E-state index contributed by atoms with van der Waals surface area (Å²) in [5.41, 5.74) is 6.89. The van der Waals surface area contributed by atoms with Crippen LogP contribution in [0, 0.1) is 6.92 Å². The van der Waals surface area contributed by atoms with E-state index >= 15 is 0 Å². The molecule has 0 amide bonds. The molecule has 0 fully saturated rings. The predicted octanol–water partition coefficient (Wildman–Crippen LogP) is 11.8. The SMILES string of the molecule is C=CCCN1C(=CC=C2CCCC(C=Cc3sc4ccccc4[n+]3CCC=C)=C2OC(C)(C)N(CC)c2ccccc2C)Sc2ccccc21. The van der Waals surface area contributed by atoms with E-state index in [1.807, 2.05) is 35.3 Å². The van der Waals surface area contributed by atoms with Crippen LogP contribution in [0.5, 0.6) is 0 Å². The molecular weight excluding hydrogens is 651 g/mol. The van der Waals surface area contributed by atoms with Crippen molar-refractivity contribution in [2.75, 3.05) is 22.9 Å². The van der Waals surface area contributed by atoms with Crippen LogP contribution in [0.4, 0.5) is 11.4 Å².